The molecule has 1 aliphatic heterocycles. The van der Waals surface area contributed by atoms with Gasteiger partial charge in [-0.15, -0.1) is 0 Å². The molecule has 0 aliphatic carbocycles. The maximum atomic E-state index is 12.4. The Kier molecular flexibility index (Phi) is 3.26. The molecule has 1 unspecified atom stereocenters. The van der Waals surface area contributed by atoms with Gasteiger partial charge in [0.15, 0.2) is 11.9 Å². The van der Waals surface area contributed by atoms with Gasteiger partial charge >= 0.3 is 0 Å². The zero-order valence-electron chi connectivity index (χ0n) is 12.2. The van der Waals surface area contributed by atoms with Crippen molar-refractivity contribution in [1.82, 2.24) is 0 Å². The highest BCUT2D eigenvalue weighted by molar-refractivity contribution is 6.11. The number of fused-ring (bicyclic) bond motifs is 1. The second-order valence-corrected chi connectivity index (χ2v) is 5.33. The SMILES string of the molecule is C=C1C(=O)c2ccccc2OC1c1ccc(N(C)C)cc1. The van der Waals surface area contributed by atoms with Crippen molar-refractivity contribution in [2.45, 2.75) is 6.10 Å². The van der Waals surface area contributed by atoms with E-state index in [-0.39, 0.29) is 5.78 Å². The summed E-state index contributed by atoms with van der Waals surface area (Å²) in [6, 6.07) is 15.3. The zero-order chi connectivity index (χ0) is 15.0. The second kappa shape index (κ2) is 5.09. The minimum atomic E-state index is -0.413. The van der Waals surface area contributed by atoms with Gasteiger partial charge in [0.1, 0.15) is 5.75 Å². The molecule has 1 aliphatic rings. The Morgan fingerprint density at radius 2 is 1.71 bits per heavy atom. The molecule has 0 saturated carbocycles. The largest absolute Gasteiger partial charge is 0.480 e. The lowest BCUT2D eigenvalue weighted by Gasteiger charge is -2.27. The van der Waals surface area contributed by atoms with E-state index in [9.17, 15) is 4.79 Å². The van der Waals surface area contributed by atoms with Crippen molar-refractivity contribution in [3.63, 3.8) is 0 Å². The van der Waals surface area contributed by atoms with Gasteiger partial charge in [0.25, 0.3) is 0 Å². The third kappa shape index (κ3) is 2.31. The molecule has 1 atom stereocenters. The Labute approximate surface area is 124 Å². The van der Waals surface area contributed by atoms with Crippen molar-refractivity contribution in [1.29, 1.82) is 0 Å². The van der Waals surface area contributed by atoms with Crippen molar-refractivity contribution in [2.24, 2.45) is 0 Å². The van der Waals surface area contributed by atoms with E-state index in [0.29, 0.717) is 16.9 Å². The summed E-state index contributed by atoms with van der Waals surface area (Å²) in [6.45, 7) is 3.92. The average Bonchev–Trinajstić information content (AvgIpc) is 2.51. The molecule has 21 heavy (non-hydrogen) atoms. The molecule has 0 spiro atoms. The normalized spacial score (nSPS) is 17.1. The average molecular weight is 279 g/mol. The number of para-hydroxylation sites is 1. The number of hydrogen-bond donors (Lipinski definition) is 0. The van der Waals surface area contributed by atoms with Gasteiger partial charge in [-0.1, -0.05) is 30.8 Å². The van der Waals surface area contributed by atoms with Crippen LogP contribution in [0.2, 0.25) is 0 Å². The molecule has 0 saturated heterocycles. The summed E-state index contributed by atoms with van der Waals surface area (Å²) < 4.78 is 5.97. The van der Waals surface area contributed by atoms with Crippen LogP contribution in [-0.4, -0.2) is 19.9 Å². The van der Waals surface area contributed by atoms with E-state index in [4.69, 9.17) is 4.74 Å². The van der Waals surface area contributed by atoms with E-state index in [1.807, 2.05) is 61.5 Å². The number of anilines is 1. The van der Waals surface area contributed by atoms with Crippen molar-refractivity contribution in [2.75, 3.05) is 19.0 Å². The first-order valence-electron chi connectivity index (χ1n) is 6.84. The minimum absolute atomic E-state index is 0.0430. The third-order valence-corrected chi connectivity index (χ3v) is 3.70. The molecule has 2 aromatic rings. The van der Waals surface area contributed by atoms with Crippen molar-refractivity contribution in [3.8, 4) is 5.75 Å². The Hall–Kier alpha value is -2.55. The van der Waals surface area contributed by atoms with E-state index in [0.717, 1.165) is 11.3 Å². The molecule has 2 aromatic carbocycles. The van der Waals surface area contributed by atoms with Crippen LogP contribution in [0.4, 0.5) is 5.69 Å². The van der Waals surface area contributed by atoms with Gasteiger partial charge in [0, 0.05) is 25.4 Å². The first-order valence-corrected chi connectivity index (χ1v) is 6.84. The number of Topliss-reactive ketones (excluding diaryl/α,β-unsaturated/α-hetero) is 1. The molecule has 3 nitrogen and oxygen atoms in total. The fraction of sp³-hybridized carbons (Fsp3) is 0.167. The molecule has 106 valence electrons. The Bertz CT molecular complexity index is 701. The van der Waals surface area contributed by atoms with Gasteiger partial charge in [0.2, 0.25) is 0 Å². The number of hydrogen-bond acceptors (Lipinski definition) is 3. The lowest BCUT2D eigenvalue weighted by molar-refractivity contribution is 0.0962. The summed E-state index contributed by atoms with van der Waals surface area (Å²) in [4.78, 5) is 14.4. The van der Waals surface area contributed by atoms with Gasteiger partial charge in [-0.25, -0.2) is 0 Å². The molecule has 0 bridgehead atoms. The number of carbonyl (C=O) groups excluding carboxylic acids is 1. The molecule has 3 heteroatoms. The molecule has 0 radical (unpaired) electrons. The van der Waals surface area contributed by atoms with E-state index in [1.165, 1.54) is 0 Å². The van der Waals surface area contributed by atoms with Crippen LogP contribution >= 0.6 is 0 Å². The summed E-state index contributed by atoms with van der Waals surface area (Å²) >= 11 is 0. The predicted octanol–water partition coefficient (Wildman–Crippen LogP) is 3.63. The predicted molar refractivity (Wildman–Crippen MR) is 84.1 cm³/mol. The summed E-state index contributed by atoms with van der Waals surface area (Å²) in [6.07, 6.45) is -0.413. The fourth-order valence-electron chi connectivity index (χ4n) is 2.46. The molecule has 0 aromatic heterocycles. The molecule has 3 rings (SSSR count). The van der Waals surface area contributed by atoms with Crippen LogP contribution in [0, 0.1) is 0 Å². The maximum Gasteiger partial charge on any atom is 0.196 e. The van der Waals surface area contributed by atoms with Crippen molar-refractivity contribution >= 4 is 11.5 Å². The fourth-order valence-corrected chi connectivity index (χ4v) is 2.46. The van der Waals surface area contributed by atoms with Crippen LogP contribution in [0.1, 0.15) is 22.0 Å². The van der Waals surface area contributed by atoms with Crippen LogP contribution in [0.5, 0.6) is 5.75 Å². The summed E-state index contributed by atoms with van der Waals surface area (Å²) in [5.41, 5.74) is 3.11. The first kappa shape index (κ1) is 13.4. The number of nitrogens with zero attached hydrogens (tertiary/aromatic N) is 1. The van der Waals surface area contributed by atoms with Crippen LogP contribution in [0.15, 0.2) is 60.7 Å². The van der Waals surface area contributed by atoms with Crippen LogP contribution in [-0.2, 0) is 0 Å². The van der Waals surface area contributed by atoms with Crippen molar-refractivity contribution < 1.29 is 9.53 Å². The summed E-state index contributed by atoms with van der Waals surface area (Å²) in [5, 5.41) is 0. The number of carbonyl (C=O) groups is 1. The van der Waals surface area contributed by atoms with Gasteiger partial charge in [-0.2, -0.15) is 0 Å². The Balaban J connectivity index is 1.97. The standard InChI is InChI=1S/C18H17NO2/c1-12-17(20)15-6-4-5-7-16(15)21-18(12)13-8-10-14(11-9-13)19(2)3/h4-11,18H,1H2,2-3H3. The molecule has 1 heterocycles. The maximum absolute atomic E-state index is 12.4. The number of ether oxygens (including phenoxy) is 1. The van der Waals surface area contributed by atoms with Gasteiger partial charge in [0.05, 0.1) is 5.56 Å². The first-order chi connectivity index (χ1) is 10.1. The van der Waals surface area contributed by atoms with E-state index in [1.54, 1.807) is 6.07 Å². The monoisotopic (exact) mass is 279 g/mol. The summed E-state index contributed by atoms with van der Waals surface area (Å²) in [5.74, 6) is 0.579. The zero-order valence-corrected chi connectivity index (χ0v) is 12.2. The molecular weight excluding hydrogens is 262 g/mol. The third-order valence-electron chi connectivity index (χ3n) is 3.70. The van der Waals surface area contributed by atoms with E-state index < -0.39 is 6.10 Å². The molecule has 0 fully saturated rings. The van der Waals surface area contributed by atoms with E-state index >= 15 is 0 Å². The highest BCUT2D eigenvalue weighted by Gasteiger charge is 2.31. The molecular formula is C18H17NO2. The van der Waals surface area contributed by atoms with Gasteiger partial charge in [-0.3, -0.25) is 4.79 Å². The lowest BCUT2D eigenvalue weighted by Crippen LogP contribution is -2.23. The minimum Gasteiger partial charge on any atom is -0.480 e. The van der Waals surface area contributed by atoms with Crippen LogP contribution < -0.4 is 9.64 Å². The number of benzene rings is 2. The molecule has 0 N–H and O–H groups in total. The number of ketones is 1. The number of rotatable bonds is 2. The summed E-state index contributed by atoms with van der Waals surface area (Å²) in [7, 11) is 3.98. The second-order valence-electron chi connectivity index (χ2n) is 5.33. The molecule has 0 amide bonds. The van der Waals surface area contributed by atoms with Gasteiger partial charge < -0.3 is 9.64 Å². The highest BCUT2D eigenvalue weighted by atomic mass is 16.5. The van der Waals surface area contributed by atoms with Crippen LogP contribution in [0.3, 0.4) is 0 Å². The lowest BCUT2D eigenvalue weighted by atomic mass is 9.92. The van der Waals surface area contributed by atoms with Crippen molar-refractivity contribution in [3.05, 3.63) is 71.8 Å². The highest BCUT2D eigenvalue weighted by Crippen LogP contribution is 2.37. The Morgan fingerprint density at radius 1 is 1.05 bits per heavy atom. The van der Waals surface area contributed by atoms with E-state index in [2.05, 4.69) is 6.58 Å². The topological polar surface area (TPSA) is 29.5 Å². The quantitative estimate of drug-likeness (QED) is 0.786. The Morgan fingerprint density at radius 3 is 2.38 bits per heavy atom. The van der Waals surface area contributed by atoms with Gasteiger partial charge in [-0.05, 0) is 29.8 Å². The van der Waals surface area contributed by atoms with Crippen LogP contribution in [0.25, 0.3) is 0 Å². The smallest absolute Gasteiger partial charge is 0.196 e.